The van der Waals surface area contributed by atoms with E-state index in [-0.39, 0.29) is 31.5 Å². The quantitative estimate of drug-likeness (QED) is 0.244. The van der Waals surface area contributed by atoms with Crippen molar-refractivity contribution in [2.75, 3.05) is 52.9 Å². The molecule has 0 bridgehead atoms. The van der Waals surface area contributed by atoms with Crippen LogP contribution >= 0.6 is 0 Å². The predicted octanol–water partition coefficient (Wildman–Crippen LogP) is 3.88. The molecular weight excluding hydrogens is 490 g/mol. The maximum Gasteiger partial charge on any atom is 0.407 e. The molecule has 0 aromatic heterocycles. The Bertz CT molecular complexity index is 1010. The van der Waals surface area contributed by atoms with Crippen LogP contribution in [0.3, 0.4) is 0 Å². The topological polar surface area (TPSA) is 109 Å². The number of benzene rings is 2. The standard InChI is InChI=1S/C29H37NO8/c1-3-27(28(32)37-19-18-36-17-16-35-15-14-34-13-12-21(2)31)30-29(33)38-20-26-24-10-6-4-8-22(24)23-9-5-7-11-25(23)26/h4-11,26-27H,3,12-20H2,1-2H3,(H,30,33)/t27-/m0/s1. The van der Waals surface area contributed by atoms with Gasteiger partial charge in [-0.1, -0.05) is 55.5 Å². The highest BCUT2D eigenvalue weighted by molar-refractivity contribution is 5.82. The number of rotatable bonds is 17. The monoisotopic (exact) mass is 527 g/mol. The van der Waals surface area contributed by atoms with Crippen molar-refractivity contribution in [3.8, 4) is 11.1 Å². The molecule has 0 heterocycles. The lowest BCUT2D eigenvalue weighted by molar-refractivity contribution is -0.147. The maximum absolute atomic E-state index is 12.5. The Balaban J connectivity index is 1.29. The molecule has 1 aliphatic carbocycles. The van der Waals surface area contributed by atoms with E-state index >= 15 is 0 Å². The normalized spacial score (nSPS) is 12.9. The van der Waals surface area contributed by atoms with E-state index in [0.29, 0.717) is 45.9 Å². The van der Waals surface area contributed by atoms with Crippen molar-refractivity contribution in [3.05, 3.63) is 59.7 Å². The second-order valence-electron chi connectivity index (χ2n) is 8.89. The minimum Gasteiger partial charge on any atom is -0.462 e. The molecule has 0 spiro atoms. The maximum atomic E-state index is 12.5. The smallest absolute Gasteiger partial charge is 0.407 e. The van der Waals surface area contributed by atoms with Gasteiger partial charge in [-0.05, 0) is 35.6 Å². The fourth-order valence-electron chi connectivity index (χ4n) is 4.17. The molecule has 1 amide bonds. The second-order valence-corrected chi connectivity index (χ2v) is 8.89. The first-order valence-electron chi connectivity index (χ1n) is 13.0. The number of hydrogen-bond donors (Lipinski definition) is 1. The second kappa shape index (κ2) is 15.9. The number of ether oxygens (including phenoxy) is 5. The van der Waals surface area contributed by atoms with Gasteiger partial charge in [0.05, 0.1) is 39.6 Å². The van der Waals surface area contributed by atoms with Gasteiger partial charge in [-0.3, -0.25) is 4.79 Å². The van der Waals surface area contributed by atoms with Crippen LogP contribution in [0.4, 0.5) is 4.79 Å². The van der Waals surface area contributed by atoms with E-state index in [1.807, 2.05) is 24.3 Å². The zero-order valence-corrected chi connectivity index (χ0v) is 22.1. The lowest BCUT2D eigenvalue weighted by Gasteiger charge is -2.18. The van der Waals surface area contributed by atoms with E-state index < -0.39 is 18.1 Å². The number of esters is 1. The van der Waals surface area contributed by atoms with E-state index in [2.05, 4.69) is 29.6 Å². The fraction of sp³-hybridized carbons (Fsp3) is 0.483. The highest BCUT2D eigenvalue weighted by atomic mass is 16.6. The van der Waals surface area contributed by atoms with E-state index in [1.54, 1.807) is 6.92 Å². The van der Waals surface area contributed by atoms with Crippen molar-refractivity contribution in [2.45, 2.75) is 38.6 Å². The number of Topliss-reactive ketones (excluding diaryl/α,β-unsaturated/α-hetero) is 1. The molecule has 9 nitrogen and oxygen atoms in total. The third-order valence-electron chi connectivity index (χ3n) is 6.14. The van der Waals surface area contributed by atoms with Crippen LogP contribution < -0.4 is 5.32 Å². The van der Waals surface area contributed by atoms with Crippen molar-refractivity contribution in [2.24, 2.45) is 0 Å². The molecule has 206 valence electrons. The molecule has 0 saturated heterocycles. The van der Waals surface area contributed by atoms with Gasteiger partial charge in [0.1, 0.15) is 25.0 Å². The molecule has 9 heteroatoms. The predicted molar refractivity (Wildman–Crippen MR) is 141 cm³/mol. The van der Waals surface area contributed by atoms with Gasteiger partial charge in [-0.25, -0.2) is 9.59 Å². The van der Waals surface area contributed by atoms with Gasteiger partial charge in [0, 0.05) is 12.3 Å². The zero-order chi connectivity index (χ0) is 27.2. The Morgan fingerprint density at radius 2 is 1.29 bits per heavy atom. The molecule has 38 heavy (non-hydrogen) atoms. The lowest BCUT2D eigenvalue weighted by atomic mass is 9.98. The number of ketones is 1. The molecule has 3 rings (SSSR count). The number of carbonyl (C=O) groups is 3. The summed E-state index contributed by atoms with van der Waals surface area (Å²) in [5.41, 5.74) is 4.54. The summed E-state index contributed by atoms with van der Waals surface area (Å²) < 4.78 is 26.8. The Morgan fingerprint density at radius 3 is 1.84 bits per heavy atom. The molecule has 0 saturated carbocycles. The molecule has 2 aromatic rings. The summed E-state index contributed by atoms with van der Waals surface area (Å²) in [4.78, 5) is 35.7. The first kappa shape index (κ1) is 29.3. The van der Waals surface area contributed by atoms with Crippen molar-refractivity contribution in [1.29, 1.82) is 0 Å². The third-order valence-corrected chi connectivity index (χ3v) is 6.14. The van der Waals surface area contributed by atoms with Gasteiger partial charge in [0.25, 0.3) is 0 Å². The molecule has 1 N–H and O–H groups in total. The van der Waals surface area contributed by atoms with Crippen LogP contribution in [0.5, 0.6) is 0 Å². The van der Waals surface area contributed by atoms with Crippen LogP contribution in [0.2, 0.25) is 0 Å². The molecule has 1 aliphatic rings. The van der Waals surface area contributed by atoms with Gasteiger partial charge in [-0.2, -0.15) is 0 Å². The largest absolute Gasteiger partial charge is 0.462 e. The van der Waals surface area contributed by atoms with E-state index in [1.165, 1.54) is 6.92 Å². The van der Waals surface area contributed by atoms with E-state index in [0.717, 1.165) is 22.3 Å². The summed E-state index contributed by atoms with van der Waals surface area (Å²) in [7, 11) is 0. The van der Waals surface area contributed by atoms with Gasteiger partial charge in [0.2, 0.25) is 0 Å². The first-order valence-corrected chi connectivity index (χ1v) is 13.0. The average molecular weight is 528 g/mol. The van der Waals surface area contributed by atoms with Crippen molar-refractivity contribution >= 4 is 17.8 Å². The van der Waals surface area contributed by atoms with E-state index in [4.69, 9.17) is 23.7 Å². The minimum absolute atomic E-state index is 0.0550. The summed E-state index contributed by atoms with van der Waals surface area (Å²) in [6.45, 7) is 5.72. The summed E-state index contributed by atoms with van der Waals surface area (Å²) in [5.74, 6) is -0.498. The number of alkyl carbamates (subject to hydrolysis) is 1. The van der Waals surface area contributed by atoms with Gasteiger partial charge >= 0.3 is 12.1 Å². The van der Waals surface area contributed by atoms with Crippen LogP contribution in [0.25, 0.3) is 11.1 Å². The number of carbonyl (C=O) groups excluding carboxylic acids is 3. The van der Waals surface area contributed by atoms with Crippen LogP contribution in [0, 0.1) is 0 Å². The minimum atomic E-state index is -0.808. The Kier molecular flexibility index (Phi) is 12.2. The summed E-state index contributed by atoms with van der Waals surface area (Å²) in [5, 5.41) is 2.61. The Morgan fingerprint density at radius 1 is 0.763 bits per heavy atom. The number of amides is 1. The highest BCUT2D eigenvalue weighted by Crippen LogP contribution is 2.44. The van der Waals surface area contributed by atoms with Crippen LogP contribution in [-0.2, 0) is 33.3 Å². The summed E-state index contributed by atoms with van der Waals surface area (Å²) in [6.07, 6.45) is 0.114. The van der Waals surface area contributed by atoms with Crippen LogP contribution in [0.1, 0.15) is 43.7 Å². The summed E-state index contributed by atoms with van der Waals surface area (Å²) in [6, 6.07) is 15.4. The Hall–Kier alpha value is -3.27. The zero-order valence-electron chi connectivity index (χ0n) is 22.1. The molecule has 2 aromatic carbocycles. The molecular formula is C29H37NO8. The van der Waals surface area contributed by atoms with Crippen LogP contribution in [0.15, 0.2) is 48.5 Å². The lowest BCUT2D eigenvalue weighted by Crippen LogP contribution is -2.42. The third kappa shape index (κ3) is 8.93. The highest BCUT2D eigenvalue weighted by Gasteiger charge is 2.29. The number of nitrogens with one attached hydrogen (secondary N) is 1. The van der Waals surface area contributed by atoms with Crippen LogP contribution in [-0.4, -0.2) is 76.7 Å². The van der Waals surface area contributed by atoms with Crippen molar-refractivity contribution in [3.63, 3.8) is 0 Å². The molecule has 0 unspecified atom stereocenters. The van der Waals surface area contributed by atoms with Crippen molar-refractivity contribution in [1.82, 2.24) is 5.32 Å². The first-order chi connectivity index (χ1) is 18.5. The SMILES string of the molecule is CC[C@H](NC(=O)OCC1c2ccccc2-c2ccccc21)C(=O)OCCOCCOCCOCCC(C)=O. The molecule has 0 fully saturated rings. The van der Waals surface area contributed by atoms with Crippen molar-refractivity contribution < 1.29 is 38.1 Å². The number of hydrogen-bond acceptors (Lipinski definition) is 8. The Labute approximate surface area is 223 Å². The van der Waals surface area contributed by atoms with E-state index in [9.17, 15) is 14.4 Å². The molecule has 1 atom stereocenters. The molecule has 0 aliphatic heterocycles. The average Bonchev–Trinajstić information content (AvgIpc) is 3.24. The van der Waals surface area contributed by atoms with Gasteiger partial charge < -0.3 is 29.0 Å². The molecule has 0 radical (unpaired) electrons. The van der Waals surface area contributed by atoms with Gasteiger partial charge in [-0.15, -0.1) is 0 Å². The fourth-order valence-corrected chi connectivity index (χ4v) is 4.17. The summed E-state index contributed by atoms with van der Waals surface area (Å²) >= 11 is 0. The number of fused-ring (bicyclic) bond motifs is 3. The van der Waals surface area contributed by atoms with Gasteiger partial charge in [0.15, 0.2) is 0 Å².